The van der Waals surface area contributed by atoms with E-state index in [9.17, 15) is 4.79 Å². The summed E-state index contributed by atoms with van der Waals surface area (Å²) in [5.74, 6) is -0.00841. The molecule has 1 N–H and O–H groups in total. The van der Waals surface area contributed by atoms with Gasteiger partial charge in [0.05, 0.1) is 10.7 Å². The van der Waals surface area contributed by atoms with E-state index < -0.39 is 5.41 Å². The summed E-state index contributed by atoms with van der Waals surface area (Å²) in [5, 5.41) is 3.60. The van der Waals surface area contributed by atoms with Gasteiger partial charge in [-0.05, 0) is 25.2 Å². The molecule has 0 bridgehead atoms. The van der Waals surface area contributed by atoms with Crippen LogP contribution in [0.5, 0.6) is 0 Å². The van der Waals surface area contributed by atoms with Crippen LogP contribution in [-0.2, 0) is 4.79 Å². The largest absolute Gasteiger partial charge is 0.368 e. The summed E-state index contributed by atoms with van der Waals surface area (Å²) in [6.45, 7) is 9.71. The monoisotopic (exact) mass is 309 g/mol. The summed E-state index contributed by atoms with van der Waals surface area (Å²) < 4.78 is 0. The van der Waals surface area contributed by atoms with Gasteiger partial charge in [0.15, 0.2) is 0 Å². The summed E-state index contributed by atoms with van der Waals surface area (Å²) in [5.41, 5.74) is 1.37. The Morgan fingerprint density at radius 3 is 2.33 bits per heavy atom. The van der Waals surface area contributed by atoms with Gasteiger partial charge in [0.2, 0.25) is 5.91 Å². The molecule has 2 rings (SSSR count). The summed E-state index contributed by atoms with van der Waals surface area (Å²) in [6, 6.07) is 5.74. The first-order chi connectivity index (χ1) is 9.77. The fourth-order valence-corrected chi connectivity index (χ4v) is 2.51. The fourth-order valence-electron chi connectivity index (χ4n) is 2.21. The highest BCUT2D eigenvalue weighted by Gasteiger charge is 2.22. The Kier molecular flexibility index (Phi) is 4.79. The van der Waals surface area contributed by atoms with Crippen molar-refractivity contribution in [2.45, 2.75) is 20.8 Å². The number of carbonyl (C=O) groups excluding carboxylic acids is 1. The molecule has 0 atom stereocenters. The van der Waals surface area contributed by atoms with Crippen LogP contribution in [0.3, 0.4) is 0 Å². The number of likely N-dealkylation sites (N-methyl/N-ethyl adjacent to an activating group) is 1. The van der Waals surface area contributed by atoms with Gasteiger partial charge in [0.25, 0.3) is 0 Å². The second kappa shape index (κ2) is 6.24. The Morgan fingerprint density at radius 2 is 1.81 bits per heavy atom. The van der Waals surface area contributed by atoms with Gasteiger partial charge in [-0.25, -0.2) is 0 Å². The smallest absolute Gasteiger partial charge is 0.229 e. The lowest BCUT2D eigenvalue weighted by Crippen LogP contribution is -2.44. The van der Waals surface area contributed by atoms with Crippen LogP contribution in [0.25, 0.3) is 0 Å². The zero-order chi connectivity index (χ0) is 15.6. The second-order valence-corrected chi connectivity index (χ2v) is 7.07. The first-order valence-corrected chi connectivity index (χ1v) is 7.69. The van der Waals surface area contributed by atoms with Gasteiger partial charge in [0, 0.05) is 37.3 Å². The van der Waals surface area contributed by atoms with Crippen molar-refractivity contribution >= 4 is 28.9 Å². The lowest BCUT2D eigenvalue weighted by atomic mass is 9.95. The van der Waals surface area contributed by atoms with Gasteiger partial charge in [-0.3, -0.25) is 4.79 Å². The van der Waals surface area contributed by atoms with E-state index in [1.54, 1.807) is 0 Å². The fraction of sp³-hybridized carbons (Fsp3) is 0.562. The first-order valence-electron chi connectivity index (χ1n) is 7.32. The molecular formula is C16H24ClN3O. The third-order valence-electron chi connectivity index (χ3n) is 3.73. The van der Waals surface area contributed by atoms with Crippen LogP contribution in [0.4, 0.5) is 11.4 Å². The minimum atomic E-state index is -0.414. The molecule has 0 spiro atoms. The highest BCUT2D eigenvalue weighted by Crippen LogP contribution is 2.30. The molecule has 1 heterocycles. The molecule has 0 radical (unpaired) electrons. The first kappa shape index (κ1) is 16.1. The molecule has 116 valence electrons. The molecule has 1 fully saturated rings. The van der Waals surface area contributed by atoms with Crippen LogP contribution in [0.15, 0.2) is 18.2 Å². The number of piperazine rings is 1. The number of hydrogen-bond acceptors (Lipinski definition) is 3. The minimum absolute atomic E-state index is 0.00841. The van der Waals surface area contributed by atoms with Gasteiger partial charge in [0.1, 0.15) is 0 Å². The third-order valence-corrected chi connectivity index (χ3v) is 4.03. The summed E-state index contributed by atoms with van der Waals surface area (Å²) in [6.07, 6.45) is 0. The summed E-state index contributed by atoms with van der Waals surface area (Å²) in [4.78, 5) is 16.6. The maximum atomic E-state index is 12.0. The van der Waals surface area contributed by atoms with Crippen LogP contribution in [0.2, 0.25) is 5.02 Å². The lowest BCUT2D eigenvalue weighted by Gasteiger charge is -2.34. The minimum Gasteiger partial charge on any atom is -0.368 e. The summed E-state index contributed by atoms with van der Waals surface area (Å²) in [7, 11) is 2.13. The van der Waals surface area contributed by atoms with Crippen LogP contribution >= 0.6 is 11.6 Å². The number of nitrogens with one attached hydrogen (secondary N) is 1. The van der Waals surface area contributed by atoms with Crippen molar-refractivity contribution in [1.29, 1.82) is 0 Å². The van der Waals surface area contributed by atoms with E-state index in [0.29, 0.717) is 5.02 Å². The second-order valence-electron chi connectivity index (χ2n) is 6.66. The van der Waals surface area contributed by atoms with Crippen LogP contribution in [-0.4, -0.2) is 44.0 Å². The number of nitrogens with zero attached hydrogens (tertiary/aromatic N) is 2. The number of anilines is 2. The van der Waals surface area contributed by atoms with E-state index >= 15 is 0 Å². The molecule has 21 heavy (non-hydrogen) atoms. The molecule has 0 aliphatic carbocycles. The zero-order valence-electron chi connectivity index (χ0n) is 13.2. The molecular weight excluding hydrogens is 286 g/mol. The number of benzene rings is 1. The Balaban J connectivity index is 2.09. The van der Waals surface area contributed by atoms with Crippen molar-refractivity contribution in [1.82, 2.24) is 4.90 Å². The Bertz CT molecular complexity index is 517. The number of rotatable bonds is 2. The van der Waals surface area contributed by atoms with Crippen LogP contribution < -0.4 is 10.2 Å². The zero-order valence-corrected chi connectivity index (χ0v) is 14.0. The normalized spacial score (nSPS) is 16.9. The average molecular weight is 310 g/mol. The van der Waals surface area contributed by atoms with Crippen molar-refractivity contribution in [2.24, 2.45) is 5.41 Å². The number of halogens is 1. The molecule has 0 saturated carbocycles. The molecule has 5 heteroatoms. The van der Waals surface area contributed by atoms with Gasteiger partial charge < -0.3 is 15.1 Å². The highest BCUT2D eigenvalue weighted by atomic mass is 35.5. The standard InChI is InChI=1S/C16H24ClN3O/c1-16(2,3)15(21)18-12-5-6-14(13(17)11-12)20-9-7-19(4)8-10-20/h5-6,11H,7-10H2,1-4H3,(H,18,21). The van der Waals surface area contributed by atoms with E-state index in [-0.39, 0.29) is 5.91 Å². The van der Waals surface area contributed by atoms with Crippen molar-refractivity contribution in [3.63, 3.8) is 0 Å². The predicted molar refractivity (Wildman–Crippen MR) is 89.2 cm³/mol. The van der Waals surface area contributed by atoms with Crippen molar-refractivity contribution in [3.05, 3.63) is 23.2 Å². The Morgan fingerprint density at radius 1 is 1.19 bits per heavy atom. The molecule has 4 nitrogen and oxygen atoms in total. The van der Waals surface area contributed by atoms with Gasteiger partial charge >= 0.3 is 0 Å². The molecule has 1 aromatic carbocycles. The van der Waals surface area contributed by atoms with E-state index in [1.165, 1.54) is 0 Å². The van der Waals surface area contributed by atoms with Crippen LogP contribution in [0.1, 0.15) is 20.8 Å². The van der Waals surface area contributed by atoms with Crippen molar-refractivity contribution in [2.75, 3.05) is 43.4 Å². The molecule has 1 aromatic rings. The molecule has 0 aromatic heterocycles. The lowest BCUT2D eigenvalue weighted by molar-refractivity contribution is -0.123. The molecule has 1 aliphatic rings. The third kappa shape index (κ3) is 4.11. The van der Waals surface area contributed by atoms with E-state index in [0.717, 1.165) is 37.6 Å². The quantitative estimate of drug-likeness (QED) is 0.912. The van der Waals surface area contributed by atoms with Crippen LogP contribution in [0, 0.1) is 5.41 Å². The topological polar surface area (TPSA) is 35.6 Å². The van der Waals surface area contributed by atoms with E-state index in [1.807, 2.05) is 39.0 Å². The molecule has 1 aliphatic heterocycles. The molecule has 1 amide bonds. The summed E-state index contributed by atoms with van der Waals surface area (Å²) >= 11 is 6.39. The van der Waals surface area contributed by atoms with Gasteiger partial charge in [-0.15, -0.1) is 0 Å². The SMILES string of the molecule is CN1CCN(c2ccc(NC(=O)C(C)(C)C)cc2Cl)CC1. The Hall–Kier alpha value is -1.26. The predicted octanol–water partition coefficient (Wildman–Crippen LogP) is 3.08. The number of hydrogen-bond donors (Lipinski definition) is 1. The van der Waals surface area contributed by atoms with Gasteiger partial charge in [-0.2, -0.15) is 0 Å². The highest BCUT2D eigenvalue weighted by molar-refractivity contribution is 6.33. The molecule has 1 saturated heterocycles. The van der Waals surface area contributed by atoms with E-state index in [4.69, 9.17) is 11.6 Å². The molecule has 0 unspecified atom stereocenters. The number of carbonyl (C=O) groups is 1. The average Bonchev–Trinajstić information content (AvgIpc) is 2.39. The Labute approximate surface area is 132 Å². The maximum absolute atomic E-state index is 12.0. The van der Waals surface area contributed by atoms with Gasteiger partial charge in [-0.1, -0.05) is 32.4 Å². The van der Waals surface area contributed by atoms with Crippen molar-refractivity contribution < 1.29 is 4.79 Å². The maximum Gasteiger partial charge on any atom is 0.229 e. The van der Waals surface area contributed by atoms with Crippen molar-refractivity contribution in [3.8, 4) is 0 Å². The number of amides is 1. The van der Waals surface area contributed by atoms with E-state index in [2.05, 4.69) is 22.2 Å².